The van der Waals surface area contributed by atoms with Gasteiger partial charge in [-0.3, -0.25) is 19.8 Å². The molecule has 156 valence electrons. The van der Waals surface area contributed by atoms with E-state index in [4.69, 9.17) is 11.6 Å². The monoisotopic (exact) mass is 430 g/mol. The quantitative estimate of drug-likeness (QED) is 0.650. The summed E-state index contributed by atoms with van der Waals surface area (Å²) < 4.78 is 13.2. The van der Waals surface area contributed by atoms with Crippen molar-refractivity contribution in [2.75, 3.05) is 5.32 Å². The van der Waals surface area contributed by atoms with Crippen LogP contribution in [0.1, 0.15) is 29.5 Å². The van der Waals surface area contributed by atoms with Crippen LogP contribution in [0.5, 0.6) is 0 Å². The van der Waals surface area contributed by atoms with Gasteiger partial charge in [-0.2, -0.15) is 0 Å². The highest BCUT2D eigenvalue weighted by atomic mass is 35.5. The molecule has 4 rings (SSSR count). The van der Waals surface area contributed by atoms with Crippen LogP contribution in [0.15, 0.2) is 36.4 Å². The maximum atomic E-state index is 13.2. The van der Waals surface area contributed by atoms with Gasteiger partial charge < -0.3 is 10.6 Å². The van der Waals surface area contributed by atoms with Crippen molar-refractivity contribution in [3.63, 3.8) is 0 Å². The summed E-state index contributed by atoms with van der Waals surface area (Å²) in [5.41, 5.74) is 3.55. The Labute approximate surface area is 177 Å². The maximum absolute atomic E-state index is 13.2. The number of benzene rings is 2. The van der Waals surface area contributed by atoms with Crippen LogP contribution in [0.2, 0.25) is 5.02 Å². The topological polar surface area (TPSA) is 90.5 Å². The third-order valence-corrected chi connectivity index (χ3v) is 5.59. The SMILES string of the molecule is O=C1CCC(N2Cc3ccc(CNC(=O)Nc4ccc(F)c(Cl)c4)cc3C2)C(=O)N1. The van der Waals surface area contributed by atoms with E-state index in [1.165, 1.54) is 18.2 Å². The minimum Gasteiger partial charge on any atom is -0.334 e. The van der Waals surface area contributed by atoms with Gasteiger partial charge in [0.2, 0.25) is 11.8 Å². The smallest absolute Gasteiger partial charge is 0.319 e. The highest BCUT2D eigenvalue weighted by Gasteiger charge is 2.34. The molecule has 1 unspecified atom stereocenters. The van der Waals surface area contributed by atoms with Crippen LogP contribution < -0.4 is 16.0 Å². The normalized spacial score (nSPS) is 18.7. The second-order valence-corrected chi connectivity index (χ2v) is 7.82. The molecule has 0 radical (unpaired) electrons. The zero-order valence-corrected chi connectivity index (χ0v) is 16.8. The molecule has 3 N–H and O–H groups in total. The fraction of sp³-hybridized carbons (Fsp3) is 0.286. The van der Waals surface area contributed by atoms with Crippen LogP contribution >= 0.6 is 11.6 Å². The number of halogens is 2. The lowest BCUT2D eigenvalue weighted by Crippen LogP contribution is -2.50. The molecule has 2 aliphatic heterocycles. The van der Waals surface area contributed by atoms with E-state index in [2.05, 4.69) is 20.9 Å². The third-order valence-electron chi connectivity index (χ3n) is 5.30. The molecule has 2 aromatic carbocycles. The van der Waals surface area contributed by atoms with Gasteiger partial charge in [0.05, 0.1) is 11.1 Å². The van der Waals surface area contributed by atoms with Gasteiger partial charge in [-0.05, 0) is 41.3 Å². The Morgan fingerprint density at radius 3 is 2.73 bits per heavy atom. The van der Waals surface area contributed by atoms with Crippen molar-refractivity contribution in [3.8, 4) is 0 Å². The van der Waals surface area contributed by atoms with Gasteiger partial charge >= 0.3 is 6.03 Å². The average molecular weight is 431 g/mol. The summed E-state index contributed by atoms with van der Waals surface area (Å²) in [6.45, 7) is 1.59. The first-order valence-corrected chi connectivity index (χ1v) is 9.95. The van der Waals surface area contributed by atoms with E-state index in [9.17, 15) is 18.8 Å². The van der Waals surface area contributed by atoms with E-state index in [1.807, 2.05) is 18.2 Å². The molecule has 4 amide bonds. The zero-order chi connectivity index (χ0) is 21.3. The van der Waals surface area contributed by atoms with Gasteiger partial charge in [-0.1, -0.05) is 29.8 Å². The molecule has 1 fully saturated rings. The molecule has 2 aliphatic rings. The first-order valence-electron chi connectivity index (χ1n) is 9.57. The van der Waals surface area contributed by atoms with E-state index in [1.54, 1.807) is 0 Å². The molecule has 0 aromatic heterocycles. The summed E-state index contributed by atoms with van der Waals surface area (Å²) in [5, 5.41) is 7.70. The highest BCUT2D eigenvalue weighted by Crippen LogP contribution is 2.28. The number of rotatable bonds is 4. The maximum Gasteiger partial charge on any atom is 0.319 e. The number of fused-ring (bicyclic) bond motifs is 1. The number of nitrogens with one attached hydrogen (secondary N) is 3. The summed E-state index contributed by atoms with van der Waals surface area (Å²) in [6.07, 6.45) is 0.882. The Balaban J connectivity index is 1.33. The third kappa shape index (κ3) is 4.44. The van der Waals surface area contributed by atoms with Gasteiger partial charge in [0.1, 0.15) is 5.82 Å². The van der Waals surface area contributed by atoms with Crippen molar-refractivity contribution in [1.29, 1.82) is 0 Å². The lowest BCUT2D eigenvalue weighted by Gasteiger charge is -2.29. The summed E-state index contributed by atoms with van der Waals surface area (Å²) in [4.78, 5) is 37.6. The second-order valence-electron chi connectivity index (χ2n) is 7.41. The van der Waals surface area contributed by atoms with Crippen molar-refractivity contribution in [1.82, 2.24) is 15.5 Å². The lowest BCUT2D eigenvalue weighted by atomic mass is 10.0. The van der Waals surface area contributed by atoms with Gasteiger partial charge in [-0.15, -0.1) is 0 Å². The van der Waals surface area contributed by atoms with E-state index in [-0.39, 0.29) is 22.9 Å². The van der Waals surface area contributed by atoms with Crippen LogP contribution in [0.4, 0.5) is 14.9 Å². The van der Waals surface area contributed by atoms with Crippen molar-refractivity contribution in [2.45, 2.75) is 38.5 Å². The minimum atomic E-state index is -0.549. The van der Waals surface area contributed by atoms with Crippen molar-refractivity contribution in [2.24, 2.45) is 0 Å². The second kappa shape index (κ2) is 8.41. The number of piperidine rings is 1. The van der Waals surface area contributed by atoms with Crippen LogP contribution in [-0.4, -0.2) is 28.8 Å². The van der Waals surface area contributed by atoms with Crippen LogP contribution in [0.3, 0.4) is 0 Å². The van der Waals surface area contributed by atoms with Gasteiger partial charge in [0.15, 0.2) is 0 Å². The predicted octanol–water partition coefficient (Wildman–Crippen LogP) is 2.92. The first kappa shape index (κ1) is 20.3. The average Bonchev–Trinajstić information content (AvgIpc) is 3.12. The van der Waals surface area contributed by atoms with Crippen LogP contribution in [0, 0.1) is 5.82 Å². The summed E-state index contributed by atoms with van der Waals surface area (Å²) in [6, 6.07) is 9.17. The van der Waals surface area contributed by atoms with Crippen LogP contribution in [0.25, 0.3) is 0 Å². The van der Waals surface area contributed by atoms with Gasteiger partial charge in [-0.25, -0.2) is 9.18 Å². The number of nitrogens with zero attached hydrogens (tertiary/aromatic N) is 1. The number of hydrogen-bond donors (Lipinski definition) is 3. The van der Waals surface area contributed by atoms with E-state index < -0.39 is 11.8 Å². The zero-order valence-electron chi connectivity index (χ0n) is 16.0. The Morgan fingerprint density at radius 2 is 1.97 bits per heavy atom. The molecule has 7 nitrogen and oxygen atoms in total. The summed E-state index contributed by atoms with van der Waals surface area (Å²) in [5.74, 6) is -1.01. The fourth-order valence-electron chi connectivity index (χ4n) is 3.77. The highest BCUT2D eigenvalue weighted by molar-refractivity contribution is 6.31. The number of carbonyl (C=O) groups excluding carboxylic acids is 3. The number of urea groups is 1. The number of anilines is 1. The summed E-state index contributed by atoms with van der Waals surface area (Å²) >= 11 is 5.72. The fourth-order valence-corrected chi connectivity index (χ4v) is 3.95. The molecule has 30 heavy (non-hydrogen) atoms. The minimum absolute atomic E-state index is 0.0630. The molecular formula is C21H20ClFN4O3. The molecule has 2 heterocycles. The molecule has 0 saturated carbocycles. The Bertz CT molecular complexity index is 1030. The van der Waals surface area contributed by atoms with Gasteiger partial charge in [0, 0.05) is 31.7 Å². The standard InChI is InChI=1S/C21H20ClFN4O3/c22-16-8-15(3-4-17(16)23)25-21(30)24-9-12-1-2-13-10-27(11-14(13)7-12)18-5-6-19(28)26-20(18)29/h1-4,7-8,18H,5-6,9-11H2,(H2,24,25,30)(H,26,28,29). The van der Waals surface area contributed by atoms with E-state index in [0.29, 0.717) is 38.2 Å². The number of carbonyl (C=O) groups is 3. The van der Waals surface area contributed by atoms with Crippen molar-refractivity contribution >= 4 is 35.1 Å². The number of imide groups is 1. The summed E-state index contributed by atoms with van der Waals surface area (Å²) in [7, 11) is 0. The molecule has 9 heteroatoms. The molecule has 0 bridgehead atoms. The largest absolute Gasteiger partial charge is 0.334 e. The van der Waals surface area contributed by atoms with E-state index >= 15 is 0 Å². The van der Waals surface area contributed by atoms with Crippen LogP contribution in [-0.2, 0) is 29.2 Å². The Kier molecular flexibility index (Phi) is 5.69. The Morgan fingerprint density at radius 1 is 1.17 bits per heavy atom. The lowest BCUT2D eigenvalue weighted by molar-refractivity contribution is -0.137. The first-order chi connectivity index (χ1) is 14.4. The predicted molar refractivity (Wildman–Crippen MR) is 109 cm³/mol. The van der Waals surface area contributed by atoms with E-state index in [0.717, 1.165) is 16.7 Å². The molecular weight excluding hydrogens is 411 g/mol. The molecule has 1 atom stereocenters. The molecule has 0 spiro atoms. The Hall–Kier alpha value is -2.97. The number of hydrogen-bond acceptors (Lipinski definition) is 4. The van der Waals surface area contributed by atoms with Crippen molar-refractivity contribution in [3.05, 3.63) is 63.9 Å². The molecule has 2 aromatic rings. The number of amides is 4. The molecule has 0 aliphatic carbocycles. The van der Waals surface area contributed by atoms with Crippen molar-refractivity contribution < 1.29 is 18.8 Å². The molecule has 1 saturated heterocycles. The van der Waals surface area contributed by atoms with Gasteiger partial charge in [0.25, 0.3) is 0 Å².